The van der Waals surface area contributed by atoms with E-state index >= 15 is 0 Å². The molecule has 0 saturated carbocycles. The lowest BCUT2D eigenvalue weighted by Crippen LogP contribution is -1.94. The highest BCUT2D eigenvalue weighted by atomic mass is 35.5. The normalized spacial score (nSPS) is 10.6. The van der Waals surface area contributed by atoms with Crippen LogP contribution in [0, 0.1) is 0 Å². The molecule has 104 valence electrons. The smallest absolute Gasteiger partial charge is 0.153 e. The van der Waals surface area contributed by atoms with E-state index < -0.39 is 0 Å². The SMILES string of the molecule is O=Cc1cn(-c2ccncc2)nc1-c1cc(Cl)ccc1Cl. The maximum atomic E-state index is 11.3. The van der Waals surface area contributed by atoms with Crippen LogP contribution in [-0.4, -0.2) is 21.1 Å². The Morgan fingerprint density at radius 3 is 2.57 bits per heavy atom. The number of rotatable bonds is 3. The van der Waals surface area contributed by atoms with Gasteiger partial charge in [0.1, 0.15) is 5.69 Å². The molecule has 1 aromatic carbocycles. The molecule has 0 aliphatic rings. The Morgan fingerprint density at radius 2 is 1.86 bits per heavy atom. The van der Waals surface area contributed by atoms with Crippen LogP contribution in [0.3, 0.4) is 0 Å². The molecular weight excluding hydrogens is 309 g/mol. The summed E-state index contributed by atoms with van der Waals surface area (Å²) in [5.41, 5.74) is 2.36. The highest BCUT2D eigenvalue weighted by molar-refractivity contribution is 6.35. The predicted molar refractivity (Wildman–Crippen MR) is 82.2 cm³/mol. The van der Waals surface area contributed by atoms with Crippen molar-refractivity contribution >= 4 is 29.5 Å². The van der Waals surface area contributed by atoms with E-state index in [-0.39, 0.29) is 0 Å². The summed E-state index contributed by atoms with van der Waals surface area (Å²) in [6.07, 6.45) is 5.71. The van der Waals surface area contributed by atoms with E-state index in [2.05, 4.69) is 10.1 Å². The minimum atomic E-state index is 0.441. The van der Waals surface area contributed by atoms with Crippen molar-refractivity contribution in [3.63, 3.8) is 0 Å². The van der Waals surface area contributed by atoms with Gasteiger partial charge in [0, 0.05) is 29.2 Å². The van der Waals surface area contributed by atoms with E-state index in [1.54, 1.807) is 53.6 Å². The van der Waals surface area contributed by atoms with Crippen LogP contribution in [0.1, 0.15) is 10.4 Å². The van der Waals surface area contributed by atoms with Crippen molar-refractivity contribution in [2.45, 2.75) is 0 Å². The second kappa shape index (κ2) is 5.68. The Hall–Kier alpha value is -2.17. The van der Waals surface area contributed by atoms with Gasteiger partial charge in [0.05, 0.1) is 16.3 Å². The molecule has 0 fully saturated rings. The highest BCUT2D eigenvalue weighted by Crippen LogP contribution is 2.31. The maximum Gasteiger partial charge on any atom is 0.153 e. The van der Waals surface area contributed by atoms with Gasteiger partial charge in [0.25, 0.3) is 0 Å². The van der Waals surface area contributed by atoms with E-state index in [0.717, 1.165) is 12.0 Å². The maximum absolute atomic E-state index is 11.3. The third-order valence-corrected chi connectivity index (χ3v) is 3.54. The topological polar surface area (TPSA) is 47.8 Å². The number of hydrogen-bond donors (Lipinski definition) is 0. The largest absolute Gasteiger partial charge is 0.298 e. The van der Waals surface area contributed by atoms with Gasteiger partial charge in [0.15, 0.2) is 6.29 Å². The first kappa shape index (κ1) is 13.8. The van der Waals surface area contributed by atoms with Crippen LogP contribution in [0.25, 0.3) is 16.9 Å². The van der Waals surface area contributed by atoms with Crippen LogP contribution in [0.2, 0.25) is 10.0 Å². The molecule has 0 saturated heterocycles. The molecule has 3 aromatic rings. The summed E-state index contributed by atoms with van der Waals surface area (Å²) in [5.74, 6) is 0. The first-order valence-corrected chi connectivity index (χ1v) is 6.85. The van der Waals surface area contributed by atoms with Gasteiger partial charge in [-0.3, -0.25) is 9.78 Å². The first-order chi connectivity index (χ1) is 10.2. The van der Waals surface area contributed by atoms with Crippen molar-refractivity contribution in [2.75, 3.05) is 0 Å². The molecule has 0 aliphatic carbocycles. The minimum Gasteiger partial charge on any atom is -0.298 e. The predicted octanol–water partition coefficient (Wildman–Crippen LogP) is 4.05. The monoisotopic (exact) mass is 317 g/mol. The van der Waals surface area contributed by atoms with Crippen molar-refractivity contribution in [3.05, 3.63) is 64.5 Å². The molecule has 0 N–H and O–H groups in total. The summed E-state index contributed by atoms with van der Waals surface area (Å²) in [7, 11) is 0. The minimum absolute atomic E-state index is 0.441. The number of benzene rings is 1. The number of carbonyl (C=O) groups is 1. The van der Waals surface area contributed by atoms with Crippen molar-refractivity contribution in [2.24, 2.45) is 0 Å². The van der Waals surface area contributed by atoms with Crippen LogP contribution < -0.4 is 0 Å². The summed E-state index contributed by atoms with van der Waals surface area (Å²) in [4.78, 5) is 15.3. The molecule has 3 rings (SSSR count). The molecule has 0 amide bonds. The Balaban J connectivity index is 2.17. The van der Waals surface area contributed by atoms with Gasteiger partial charge in [-0.25, -0.2) is 4.68 Å². The quantitative estimate of drug-likeness (QED) is 0.684. The molecule has 21 heavy (non-hydrogen) atoms. The lowest BCUT2D eigenvalue weighted by Gasteiger charge is -2.03. The second-order valence-corrected chi connectivity index (χ2v) is 5.17. The molecule has 0 aliphatic heterocycles. The lowest BCUT2D eigenvalue weighted by molar-refractivity contribution is 0.112. The van der Waals surface area contributed by atoms with Gasteiger partial charge in [-0.2, -0.15) is 5.10 Å². The fourth-order valence-electron chi connectivity index (χ4n) is 1.99. The average Bonchev–Trinajstić information content (AvgIpc) is 2.94. The van der Waals surface area contributed by atoms with Crippen molar-refractivity contribution < 1.29 is 4.79 Å². The number of carbonyl (C=O) groups excluding carboxylic acids is 1. The molecule has 0 spiro atoms. The fourth-order valence-corrected chi connectivity index (χ4v) is 2.37. The average molecular weight is 318 g/mol. The van der Waals surface area contributed by atoms with Crippen molar-refractivity contribution in [1.29, 1.82) is 0 Å². The van der Waals surface area contributed by atoms with Gasteiger partial charge in [-0.05, 0) is 30.3 Å². The number of nitrogens with zero attached hydrogens (tertiary/aromatic N) is 3. The molecule has 0 radical (unpaired) electrons. The Morgan fingerprint density at radius 1 is 1.10 bits per heavy atom. The van der Waals surface area contributed by atoms with Gasteiger partial charge in [-0.15, -0.1) is 0 Å². The number of aromatic nitrogens is 3. The lowest BCUT2D eigenvalue weighted by atomic mass is 10.1. The molecular formula is C15H9Cl2N3O. The van der Waals surface area contributed by atoms with Crippen molar-refractivity contribution in [3.8, 4) is 16.9 Å². The van der Waals surface area contributed by atoms with E-state index in [1.807, 2.05) is 0 Å². The molecule has 0 unspecified atom stereocenters. The van der Waals surface area contributed by atoms with Crippen LogP contribution >= 0.6 is 23.2 Å². The zero-order valence-electron chi connectivity index (χ0n) is 10.7. The fraction of sp³-hybridized carbons (Fsp3) is 0. The summed E-state index contributed by atoms with van der Waals surface area (Å²) in [5, 5.41) is 5.46. The van der Waals surface area contributed by atoms with Gasteiger partial charge in [-0.1, -0.05) is 23.2 Å². The molecule has 0 bridgehead atoms. The summed E-state index contributed by atoms with van der Waals surface area (Å²) in [6.45, 7) is 0. The Kier molecular flexibility index (Phi) is 3.73. The van der Waals surface area contributed by atoms with E-state index in [1.165, 1.54) is 0 Å². The first-order valence-electron chi connectivity index (χ1n) is 6.09. The zero-order chi connectivity index (χ0) is 14.8. The van der Waals surface area contributed by atoms with E-state index in [0.29, 0.717) is 26.9 Å². The van der Waals surface area contributed by atoms with Crippen LogP contribution in [0.5, 0.6) is 0 Å². The molecule has 6 heteroatoms. The van der Waals surface area contributed by atoms with Crippen LogP contribution in [0.4, 0.5) is 0 Å². The molecule has 2 aromatic heterocycles. The van der Waals surface area contributed by atoms with Crippen LogP contribution in [0.15, 0.2) is 48.9 Å². The molecule has 2 heterocycles. The van der Waals surface area contributed by atoms with Crippen molar-refractivity contribution in [1.82, 2.24) is 14.8 Å². The number of pyridine rings is 1. The summed E-state index contributed by atoms with van der Waals surface area (Å²) < 4.78 is 1.61. The number of aldehydes is 1. The zero-order valence-corrected chi connectivity index (χ0v) is 12.2. The Labute approximate surface area is 131 Å². The molecule has 4 nitrogen and oxygen atoms in total. The summed E-state index contributed by atoms with van der Waals surface area (Å²) in [6, 6.07) is 8.65. The third-order valence-electron chi connectivity index (χ3n) is 2.98. The number of hydrogen-bond acceptors (Lipinski definition) is 3. The van der Waals surface area contributed by atoms with Gasteiger partial charge >= 0.3 is 0 Å². The second-order valence-electron chi connectivity index (χ2n) is 4.33. The van der Waals surface area contributed by atoms with Gasteiger partial charge < -0.3 is 0 Å². The van der Waals surface area contributed by atoms with E-state index in [9.17, 15) is 4.79 Å². The van der Waals surface area contributed by atoms with Gasteiger partial charge in [0.2, 0.25) is 0 Å². The number of halogens is 2. The third kappa shape index (κ3) is 2.68. The van der Waals surface area contributed by atoms with Crippen LogP contribution in [-0.2, 0) is 0 Å². The highest BCUT2D eigenvalue weighted by Gasteiger charge is 2.15. The van der Waals surface area contributed by atoms with E-state index in [4.69, 9.17) is 23.2 Å². The standard InChI is InChI=1S/C15H9Cl2N3O/c16-11-1-2-14(17)13(7-11)15-10(9-21)8-20(19-15)12-3-5-18-6-4-12/h1-9H. The summed E-state index contributed by atoms with van der Waals surface area (Å²) >= 11 is 12.2. The Bertz CT molecular complexity index is 800. The molecule has 0 atom stereocenters.